The summed E-state index contributed by atoms with van der Waals surface area (Å²) < 4.78 is 1.73. The number of hydrazone groups is 1. The number of amides is 1. The molecule has 0 unspecified atom stereocenters. The quantitative estimate of drug-likeness (QED) is 0.880. The van der Waals surface area contributed by atoms with Gasteiger partial charge in [0.05, 0.1) is 36.0 Å². The average Bonchev–Trinajstić information content (AvgIpc) is 3.12. The highest BCUT2D eigenvalue weighted by molar-refractivity contribution is 6.26. The van der Waals surface area contributed by atoms with Gasteiger partial charge in [-0.05, 0) is 13.0 Å². The molecule has 1 aliphatic heterocycles. The van der Waals surface area contributed by atoms with E-state index in [-0.39, 0.29) is 5.91 Å². The van der Waals surface area contributed by atoms with Crippen LogP contribution in [0.4, 0.5) is 0 Å². The van der Waals surface area contributed by atoms with Gasteiger partial charge in [-0.15, -0.1) is 0 Å². The van der Waals surface area contributed by atoms with Crippen LogP contribution in [0, 0.1) is 11.3 Å². The predicted molar refractivity (Wildman–Crippen MR) is 87.1 cm³/mol. The molecule has 0 bridgehead atoms. The van der Waals surface area contributed by atoms with Gasteiger partial charge in [-0.3, -0.25) is 9.48 Å². The normalized spacial score (nSPS) is 15.4. The van der Waals surface area contributed by atoms with Gasteiger partial charge in [0, 0.05) is 17.3 Å². The molecule has 0 spiro atoms. The molecular weight excluding hydrogens is 290 g/mol. The molecular formula is C17H15N5O. The topological polar surface area (TPSA) is 83.1 Å². The first-order valence-electron chi connectivity index (χ1n) is 7.25. The molecule has 0 saturated heterocycles. The summed E-state index contributed by atoms with van der Waals surface area (Å²) in [6, 6.07) is 11.9. The molecule has 0 aliphatic carbocycles. The number of aryl methyl sites for hydroxylation is 1. The third-order valence-corrected chi connectivity index (χ3v) is 3.55. The Hall–Kier alpha value is -3.20. The maximum Gasteiger partial charge on any atom is 0.273 e. The van der Waals surface area contributed by atoms with E-state index in [0.717, 1.165) is 16.8 Å². The minimum Gasteiger partial charge on any atom is -0.270 e. The molecule has 114 valence electrons. The number of nitrogens with one attached hydrogen (secondary N) is 1. The molecule has 0 atom stereocenters. The first-order valence-corrected chi connectivity index (χ1v) is 7.25. The van der Waals surface area contributed by atoms with Crippen molar-refractivity contribution in [2.45, 2.75) is 19.9 Å². The lowest BCUT2D eigenvalue weighted by Gasteiger charge is -1.99. The van der Waals surface area contributed by atoms with E-state index in [4.69, 9.17) is 5.26 Å². The maximum atomic E-state index is 11.9. The Labute approximate surface area is 133 Å². The Bertz CT molecular complexity index is 840. The van der Waals surface area contributed by atoms with Gasteiger partial charge in [0.1, 0.15) is 0 Å². The van der Waals surface area contributed by atoms with E-state index in [1.807, 2.05) is 36.5 Å². The van der Waals surface area contributed by atoms with Gasteiger partial charge in [0.2, 0.25) is 0 Å². The number of hydrogen-bond acceptors (Lipinski definition) is 4. The molecule has 2 aromatic rings. The molecule has 6 nitrogen and oxygen atoms in total. The van der Waals surface area contributed by atoms with Gasteiger partial charge in [-0.25, -0.2) is 5.43 Å². The van der Waals surface area contributed by atoms with Gasteiger partial charge in [-0.1, -0.05) is 30.3 Å². The molecule has 23 heavy (non-hydrogen) atoms. The van der Waals surface area contributed by atoms with Gasteiger partial charge >= 0.3 is 0 Å². The van der Waals surface area contributed by atoms with Crippen LogP contribution in [0.25, 0.3) is 17.3 Å². The highest BCUT2D eigenvalue weighted by atomic mass is 16.2. The highest BCUT2D eigenvalue weighted by Crippen LogP contribution is 2.25. The zero-order chi connectivity index (χ0) is 16.2. The van der Waals surface area contributed by atoms with Crippen LogP contribution in [0.1, 0.15) is 18.9 Å². The Morgan fingerprint density at radius 2 is 2.13 bits per heavy atom. The molecule has 1 amide bonds. The van der Waals surface area contributed by atoms with Gasteiger partial charge < -0.3 is 0 Å². The molecule has 3 rings (SSSR count). The second kappa shape index (κ2) is 6.28. The molecule has 1 aliphatic rings. The van der Waals surface area contributed by atoms with Crippen molar-refractivity contribution < 1.29 is 4.79 Å². The Morgan fingerprint density at radius 3 is 2.78 bits per heavy atom. The van der Waals surface area contributed by atoms with E-state index in [9.17, 15) is 4.79 Å². The molecule has 0 saturated carbocycles. The second-order valence-electron chi connectivity index (χ2n) is 5.17. The van der Waals surface area contributed by atoms with Crippen molar-refractivity contribution in [3.8, 4) is 17.3 Å². The van der Waals surface area contributed by atoms with Crippen molar-refractivity contribution >= 4 is 17.7 Å². The van der Waals surface area contributed by atoms with E-state index in [1.54, 1.807) is 17.7 Å². The number of nitriles is 1. The molecule has 1 aromatic carbocycles. The van der Waals surface area contributed by atoms with Crippen LogP contribution in [-0.4, -0.2) is 21.4 Å². The third-order valence-electron chi connectivity index (χ3n) is 3.55. The fraction of sp³-hybridized carbons (Fsp3) is 0.176. The summed E-state index contributed by atoms with van der Waals surface area (Å²) in [5.41, 5.74) is 6.20. The third kappa shape index (κ3) is 3.04. The fourth-order valence-corrected chi connectivity index (χ4v) is 2.39. The predicted octanol–water partition coefficient (Wildman–Crippen LogP) is 2.35. The lowest BCUT2D eigenvalue weighted by Crippen LogP contribution is -2.12. The summed E-state index contributed by atoms with van der Waals surface area (Å²) in [6.07, 6.45) is 4.03. The van der Waals surface area contributed by atoms with Crippen molar-refractivity contribution in [1.82, 2.24) is 15.2 Å². The van der Waals surface area contributed by atoms with Crippen LogP contribution in [0.5, 0.6) is 0 Å². The summed E-state index contributed by atoms with van der Waals surface area (Å²) in [4.78, 5) is 11.9. The van der Waals surface area contributed by atoms with Crippen molar-refractivity contribution in [2.24, 2.45) is 5.10 Å². The Morgan fingerprint density at radius 1 is 1.35 bits per heavy atom. The molecule has 0 radical (unpaired) electrons. The number of hydrogen-bond donors (Lipinski definition) is 1. The molecule has 1 aromatic heterocycles. The monoisotopic (exact) mass is 305 g/mol. The standard InChI is InChI=1S/C17H15N5O/c1-12-15(17(23)20-19-12)10-14-11-22(9-5-8-18)21-16(14)13-6-3-2-4-7-13/h2-4,6-7,10-11H,5,9H2,1H3,(H,20,23). The number of nitrogens with zero attached hydrogens (tertiary/aromatic N) is 4. The van der Waals surface area contributed by atoms with E-state index in [2.05, 4.69) is 21.7 Å². The number of carbonyl (C=O) groups is 1. The average molecular weight is 305 g/mol. The highest BCUT2D eigenvalue weighted by Gasteiger charge is 2.20. The smallest absolute Gasteiger partial charge is 0.270 e. The van der Waals surface area contributed by atoms with Crippen LogP contribution < -0.4 is 5.43 Å². The second-order valence-corrected chi connectivity index (χ2v) is 5.17. The minimum absolute atomic E-state index is 0.216. The fourth-order valence-electron chi connectivity index (χ4n) is 2.39. The first-order chi connectivity index (χ1) is 11.2. The summed E-state index contributed by atoms with van der Waals surface area (Å²) >= 11 is 0. The van der Waals surface area contributed by atoms with E-state index in [1.165, 1.54) is 0 Å². The minimum atomic E-state index is -0.216. The molecule has 2 heterocycles. The molecule has 1 N–H and O–H groups in total. The van der Waals surface area contributed by atoms with Crippen LogP contribution >= 0.6 is 0 Å². The summed E-state index contributed by atoms with van der Waals surface area (Å²) in [6.45, 7) is 2.30. The van der Waals surface area contributed by atoms with Gasteiger partial charge in [0.15, 0.2) is 0 Å². The summed E-state index contributed by atoms with van der Waals surface area (Å²) in [5.74, 6) is -0.216. The Balaban J connectivity index is 2.06. The SMILES string of the molecule is CC1=NNC(=O)C1=Cc1cn(CCC#N)nc1-c1ccccc1. The van der Waals surface area contributed by atoms with Crippen molar-refractivity contribution in [3.63, 3.8) is 0 Å². The van der Waals surface area contributed by atoms with E-state index >= 15 is 0 Å². The summed E-state index contributed by atoms with van der Waals surface area (Å²) in [5, 5.41) is 17.2. The number of rotatable bonds is 4. The van der Waals surface area contributed by atoms with Gasteiger partial charge in [0.25, 0.3) is 5.91 Å². The number of benzene rings is 1. The van der Waals surface area contributed by atoms with Crippen LogP contribution in [0.15, 0.2) is 47.2 Å². The van der Waals surface area contributed by atoms with Crippen molar-refractivity contribution in [2.75, 3.05) is 0 Å². The largest absolute Gasteiger partial charge is 0.273 e. The van der Waals surface area contributed by atoms with Crippen LogP contribution in [-0.2, 0) is 11.3 Å². The molecule has 6 heteroatoms. The van der Waals surface area contributed by atoms with Crippen LogP contribution in [0.3, 0.4) is 0 Å². The van der Waals surface area contributed by atoms with Crippen molar-refractivity contribution in [1.29, 1.82) is 5.26 Å². The lowest BCUT2D eigenvalue weighted by atomic mass is 10.0. The van der Waals surface area contributed by atoms with Gasteiger partial charge in [-0.2, -0.15) is 15.5 Å². The zero-order valence-corrected chi connectivity index (χ0v) is 12.7. The summed E-state index contributed by atoms with van der Waals surface area (Å²) in [7, 11) is 0. The maximum absolute atomic E-state index is 11.9. The molecule has 0 fully saturated rings. The van der Waals surface area contributed by atoms with E-state index in [0.29, 0.717) is 24.3 Å². The Kier molecular flexibility index (Phi) is 4.02. The lowest BCUT2D eigenvalue weighted by molar-refractivity contribution is -0.116. The zero-order valence-electron chi connectivity index (χ0n) is 12.7. The number of carbonyl (C=O) groups excluding carboxylic acids is 1. The van der Waals surface area contributed by atoms with E-state index < -0.39 is 0 Å². The van der Waals surface area contributed by atoms with Crippen molar-refractivity contribution in [3.05, 3.63) is 47.7 Å². The number of aromatic nitrogens is 2. The van der Waals surface area contributed by atoms with Crippen LogP contribution in [0.2, 0.25) is 0 Å². The first kappa shape index (κ1) is 14.7.